The number of ether oxygens (including phenoxy) is 1. The zero-order valence-electron chi connectivity index (χ0n) is 13.2. The highest BCUT2D eigenvalue weighted by molar-refractivity contribution is 6.31. The van der Waals surface area contributed by atoms with Gasteiger partial charge in [-0.1, -0.05) is 29.8 Å². The second-order valence-corrected chi connectivity index (χ2v) is 5.91. The zero-order chi connectivity index (χ0) is 16.8. The van der Waals surface area contributed by atoms with E-state index in [-0.39, 0.29) is 12.1 Å². The fourth-order valence-corrected chi connectivity index (χ4v) is 3.02. The van der Waals surface area contributed by atoms with Gasteiger partial charge in [-0.2, -0.15) is 5.10 Å². The number of halogens is 1. The molecule has 8 heteroatoms. The zero-order valence-corrected chi connectivity index (χ0v) is 13.9. The Hall–Kier alpha value is -2.09. The number of benzene rings is 1. The Labute approximate surface area is 145 Å². The van der Waals surface area contributed by atoms with E-state index in [4.69, 9.17) is 16.3 Å². The number of H-pyrrole nitrogens is 1. The Morgan fingerprint density at radius 3 is 2.88 bits per heavy atom. The van der Waals surface area contributed by atoms with Crippen molar-refractivity contribution in [1.29, 1.82) is 0 Å². The predicted molar refractivity (Wildman–Crippen MR) is 92.2 cm³/mol. The molecule has 0 bridgehead atoms. The summed E-state index contributed by atoms with van der Waals surface area (Å²) in [5.41, 5.74) is 1.62. The Bertz CT molecular complexity index is 658. The number of carbonyl (C=O) groups is 1. The minimum absolute atomic E-state index is 0.00213. The molecule has 1 unspecified atom stereocenters. The van der Waals surface area contributed by atoms with Crippen LogP contribution >= 0.6 is 11.6 Å². The van der Waals surface area contributed by atoms with E-state index >= 15 is 0 Å². The lowest BCUT2D eigenvalue weighted by molar-refractivity contribution is 0.0168. The number of hydrogen-bond donors (Lipinski definition) is 3. The summed E-state index contributed by atoms with van der Waals surface area (Å²) in [4.78, 5) is 14.4. The molecule has 1 atom stereocenters. The Kier molecular flexibility index (Phi) is 5.68. The van der Waals surface area contributed by atoms with Crippen LogP contribution in [0.2, 0.25) is 5.02 Å². The number of carbonyl (C=O) groups excluding carboxylic acids is 1. The molecular weight excluding hydrogens is 330 g/mol. The third-order valence-electron chi connectivity index (χ3n) is 3.96. The summed E-state index contributed by atoms with van der Waals surface area (Å²) in [5, 5.41) is 12.8. The molecule has 128 valence electrons. The number of anilines is 1. The van der Waals surface area contributed by atoms with Crippen LogP contribution in [-0.4, -0.2) is 54.0 Å². The van der Waals surface area contributed by atoms with Crippen molar-refractivity contribution in [2.24, 2.45) is 0 Å². The van der Waals surface area contributed by atoms with Crippen LogP contribution in [0.5, 0.6) is 0 Å². The molecule has 0 saturated carbocycles. The molecule has 1 fully saturated rings. The number of rotatable bonds is 5. The molecule has 1 aliphatic heterocycles. The molecular formula is C16H20ClN5O2. The maximum Gasteiger partial charge on any atom is 0.319 e. The number of amides is 2. The summed E-state index contributed by atoms with van der Waals surface area (Å²) in [6, 6.07) is 7.45. The van der Waals surface area contributed by atoms with Crippen molar-refractivity contribution in [2.45, 2.75) is 6.04 Å². The minimum atomic E-state index is -0.276. The van der Waals surface area contributed by atoms with Crippen molar-refractivity contribution in [2.75, 3.05) is 38.2 Å². The monoisotopic (exact) mass is 349 g/mol. The average molecular weight is 350 g/mol. The molecule has 0 aliphatic carbocycles. The van der Waals surface area contributed by atoms with Gasteiger partial charge in [0, 0.05) is 30.9 Å². The molecule has 2 heterocycles. The van der Waals surface area contributed by atoms with E-state index in [1.807, 2.05) is 24.3 Å². The van der Waals surface area contributed by atoms with Crippen molar-refractivity contribution >= 4 is 23.3 Å². The molecule has 2 aromatic rings. The molecule has 1 saturated heterocycles. The van der Waals surface area contributed by atoms with Gasteiger partial charge in [0.2, 0.25) is 0 Å². The van der Waals surface area contributed by atoms with Gasteiger partial charge in [0.25, 0.3) is 0 Å². The molecule has 0 radical (unpaired) electrons. The van der Waals surface area contributed by atoms with Gasteiger partial charge in [-0.25, -0.2) is 4.79 Å². The van der Waals surface area contributed by atoms with Gasteiger partial charge in [-0.3, -0.25) is 10.00 Å². The largest absolute Gasteiger partial charge is 0.379 e. The van der Waals surface area contributed by atoms with E-state index in [1.54, 1.807) is 12.4 Å². The molecule has 7 nitrogen and oxygen atoms in total. The van der Waals surface area contributed by atoms with Crippen LogP contribution in [0, 0.1) is 0 Å². The van der Waals surface area contributed by atoms with Crippen LogP contribution in [0.3, 0.4) is 0 Å². The van der Waals surface area contributed by atoms with Crippen LogP contribution in [-0.2, 0) is 4.74 Å². The third-order valence-corrected chi connectivity index (χ3v) is 4.31. The third kappa shape index (κ3) is 4.25. The van der Waals surface area contributed by atoms with Gasteiger partial charge in [-0.05, 0) is 11.6 Å². The summed E-state index contributed by atoms with van der Waals surface area (Å²) < 4.78 is 5.43. The summed E-state index contributed by atoms with van der Waals surface area (Å²) in [6.45, 7) is 3.43. The number of hydrogen-bond acceptors (Lipinski definition) is 4. The fourth-order valence-electron chi connectivity index (χ4n) is 2.75. The Balaban J connectivity index is 1.67. The highest BCUT2D eigenvalue weighted by atomic mass is 35.5. The Morgan fingerprint density at radius 1 is 1.38 bits per heavy atom. The first-order chi connectivity index (χ1) is 11.7. The van der Waals surface area contributed by atoms with E-state index in [1.165, 1.54) is 0 Å². The number of aromatic nitrogens is 2. The average Bonchev–Trinajstić information content (AvgIpc) is 3.10. The second kappa shape index (κ2) is 8.14. The summed E-state index contributed by atoms with van der Waals surface area (Å²) in [6.07, 6.45) is 3.17. The quantitative estimate of drug-likeness (QED) is 0.773. The Morgan fingerprint density at radius 2 is 2.17 bits per heavy atom. The van der Waals surface area contributed by atoms with Gasteiger partial charge >= 0.3 is 6.03 Å². The first kappa shape index (κ1) is 16.8. The summed E-state index contributed by atoms with van der Waals surface area (Å²) >= 11 is 6.37. The first-order valence-electron chi connectivity index (χ1n) is 7.84. The molecule has 1 aromatic heterocycles. The molecule has 3 N–H and O–H groups in total. The molecule has 3 rings (SSSR count). The van der Waals surface area contributed by atoms with E-state index in [9.17, 15) is 4.79 Å². The van der Waals surface area contributed by atoms with Gasteiger partial charge in [-0.15, -0.1) is 0 Å². The maximum absolute atomic E-state index is 12.1. The second-order valence-electron chi connectivity index (χ2n) is 5.51. The standard InChI is InChI=1S/C16H20ClN5O2/c17-14-4-2-1-3-13(14)15(22-5-7-24-8-6-22)11-18-16(23)21-12-9-19-20-10-12/h1-4,9-10,15H,5-8,11H2,(H,19,20)(H2,18,21,23). The van der Waals surface area contributed by atoms with Crippen molar-refractivity contribution < 1.29 is 9.53 Å². The normalized spacial score (nSPS) is 16.5. The number of aromatic amines is 1. The van der Waals surface area contributed by atoms with E-state index in [2.05, 4.69) is 25.7 Å². The van der Waals surface area contributed by atoms with Crippen molar-refractivity contribution in [3.05, 3.63) is 47.2 Å². The predicted octanol–water partition coefficient (Wildman–Crippen LogP) is 2.26. The first-order valence-corrected chi connectivity index (χ1v) is 8.21. The van der Waals surface area contributed by atoms with E-state index < -0.39 is 0 Å². The lowest BCUT2D eigenvalue weighted by Gasteiger charge is -2.35. The highest BCUT2D eigenvalue weighted by Crippen LogP contribution is 2.27. The number of nitrogens with one attached hydrogen (secondary N) is 3. The van der Waals surface area contributed by atoms with E-state index in [0.717, 1.165) is 18.7 Å². The lowest BCUT2D eigenvalue weighted by Crippen LogP contribution is -2.44. The van der Waals surface area contributed by atoms with Gasteiger partial charge in [0.15, 0.2) is 0 Å². The summed E-state index contributed by atoms with van der Waals surface area (Å²) in [7, 11) is 0. The topological polar surface area (TPSA) is 82.3 Å². The van der Waals surface area contributed by atoms with Gasteiger partial charge in [0.1, 0.15) is 0 Å². The smallest absolute Gasteiger partial charge is 0.319 e. The molecule has 1 aromatic carbocycles. The minimum Gasteiger partial charge on any atom is -0.379 e. The molecule has 0 spiro atoms. The molecule has 1 aliphatic rings. The van der Waals surface area contributed by atoms with Gasteiger partial charge in [0.05, 0.1) is 31.1 Å². The van der Waals surface area contributed by atoms with Crippen LogP contribution in [0.1, 0.15) is 11.6 Å². The van der Waals surface area contributed by atoms with Crippen molar-refractivity contribution in [1.82, 2.24) is 20.4 Å². The van der Waals surface area contributed by atoms with Crippen LogP contribution in [0.15, 0.2) is 36.7 Å². The number of urea groups is 1. The van der Waals surface area contributed by atoms with Crippen LogP contribution in [0.25, 0.3) is 0 Å². The highest BCUT2D eigenvalue weighted by Gasteiger charge is 2.24. The maximum atomic E-state index is 12.1. The van der Waals surface area contributed by atoms with Crippen LogP contribution < -0.4 is 10.6 Å². The number of nitrogens with zero attached hydrogens (tertiary/aromatic N) is 2. The van der Waals surface area contributed by atoms with E-state index in [0.29, 0.717) is 30.5 Å². The van der Waals surface area contributed by atoms with Crippen LogP contribution in [0.4, 0.5) is 10.5 Å². The van der Waals surface area contributed by atoms with Crippen molar-refractivity contribution in [3.8, 4) is 0 Å². The SMILES string of the molecule is O=C(NCC(c1ccccc1Cl)N1CCOCC1)Nc1cn[nH]c1. The fraction of sp³-hybridized carbons (Fsp3) is 0.375. The number of morpholine rings is 1. The molecule has 24 heavy (non-hydrogen) atoms. The molecule has 2 amide bonds. The van der Waals surface area contributed by atoms with Gasteiger partial charge < -0.3 is 15.4 Å². The lowest BCUT2D eigenvalue weighted by atomic mass is 10.0. The van der Waals surface area contributed by atoms with Crippen molar-refractivity contribution in [3.63, 3.8) is 0 Å². The summed E-state index contributed by atoms with van der Waals surface area (Å²) in [5.74, 6) is 0.